The second-order valence-electron chi connectivity index (χ2n) is 9.38. The van der Waals surface area contributed by atoms with Gasteiger partial charge in [-0.3, -0.25) is 9.59 Å². The third kappa shape index (κ3) is 3.28. The fraction of sp³-hybridized carbons (Fsp3) is 0.440. The van der Waals surface area contributed by atoms with Crippen molar-refractivity contribution in [2.24, 2.45) is 23.2 Å². The van der Waals surface area contributed by atoms with Crippen molar-refractivity contribution in [1.82, 2.24) is 0 Å². The van der Waals surface area contributed by atoms with Crippen molar-refractivity contribution in [2.75, 3.05) is 5.32 Å². The Bertz CT molecular complexity index is 866. The Hall–Kier alpha value is -2.42. The smallest absolute Gasteiger partial charge is 0.224 e. The molecule has 0 aliphatic heterocycles. The van der Waals surface area contributed by atoms with E-state index in [-0.39, 0.29) is 17.1 Å². The van der Waals surface area contributed by atoms with E-state index in [1.165, 1.54) is 38.5 Å². The van der Waals surface area contributed by atoms with Crippen LogP contribution in [0.25, 0.3) is 0 Å². The predicted octanol–water partition coefficient (Wildman–Crippen LogP) is 5.46. The summed E-state index contributed by atoms with van der Waals surface area (Å²) < 4.78 is 0. The molecule has 0 saturated heterocycles. The van der Waals surface area contributed by atoms with Crippen LogP contribution in [0.3, 0.4) is 0 Å². The standard InChI is InChI=1S/C25H27NO2/c27-23(16-25-13-17-10-18(14-25)12-19(11-17)15-25)26-22-9-5-4-8-21(22)24(28)20-6-2-1-3-7-20/h1-9,17-19H,10-16H2,(H,26,27). The topological polar surface area (TPSA) is 46.2 Å². The lowest BCUT2D eigenvalue weighted by Crippen LogP contribution is -2.47. The van der Waals surface area contributed by atoms with Crippen molar-refractivity contribution >= 4 is 17.4 Å². The first-order chi connectivity index (χ1) is 13.6. The number of amides is 1. The maximum atomic E-state index is 13.0. The summed E-state index contributed by atoms with van der Waals surface area (Å²) in [4.78, 5) is 25.9. The van der Waals surface area contributed by atoms with E-state index in [1.807, 2.05) is 48.5 Å². The van der Waals surface area contributed by atoms with E-state index in [4.69, 9.17) is 0 Å². The molecule has 28 heavy (non-hydrogen) atoms. The fourth-order valence-electron chi connectivity index (χ4n) is 6.58. The van der Waals surface area contributed by atoms with Crippen LogP contribution in [-0.2, 0) is 4.79 Å². The first-order valence-electron chi connectivity index (χ1n) is 10.6. The van der Waals surface area contributed by atoms with Gasteiger partial charge in [-0.1, -0.05) is 42.5 Å². The minimum atomic E-state index is -0.0497. The summed E-state index contributed by atoms with van der Waals surface area (Å²) >= 11 is 0. The van der Waals surface area contributed by atoms with Crippen LogP contribution in [0, 0.1) is 23.2 Å². The Morgan fingerprint density at radius 3 is 2.04 bits per heavy atom. The summed E-state index contributed by atoms with van der Waals surface area (Å²) in [7, 11) is 0. The van der Waals surface area contributed by atoms with Crippen molar-refractivity contribution in [3.63, 3.8) is 0 Å². The second-order valence-corrected chi connectivity index (χ2v) is 9.38. The maximum Gasteiger partial charge on any atom is 0.224 e. The van der Waals surface area contributed by atoms with E-state index in [2.05, 4.69) is 5.32 Å². The van der Waals surface area contributed by atoms with Crippen LogP contribution in [0.4, 0.5) is 5.69 Å². The number of nitrogens with one attached hydrogen (secondary N) is 1. The third-order valence-electron chi connectivity index (χ3n) is 7.18. The first-order valence-corrected chi connectivity index (χ1v) is 10.6. The minimum Gasteiger partial charge on any atom is -0.325 e. The number of ketones is 1. The zero-order valence-electron chi connectivity index (χ0n) is 16.2. The Balaban J connectivity index is 1.33. The van der Waals surface area contributed by atoms with Gasteiger partial charge in [0.1, 0.15) is 0 Å². The lowest BCUT2D eigenvalue weighted by Gasteiger charge is -2.56. The number of anilines is 1. The molecule has 0 spiro atoms. The molecule has 4 bridgehead atoms. The van der Waals surface area contributed by atoms with Gasteiger partial charge in [0, 0.05) is 17.5 Å². The van der Waals surface area contributed by atoms with Crippen LogP contribution < -0.4 is 5.32 Å². The van der Waals surface area contributed by atoms with Crippen LogP contribution in [0.2, 0.25) is 0 Å². The molecule has 3 heteroatoms. The van der Waals surface area contributed by atoms with Crippen molar-refractivity contribution in [2.45, 2.75) is 44.9 Å². The van der Waals surface area contributed by atoms with Gasteiger partial charge in [-0.2, -0.15) is 0 Å². The molecule has 1 amide bonds. The third-order valence-corrected chi connectivity index (χ3v) is 7.18. The molecule has 144 valence electrons. The van der Waals surface area contributed by atoms with Crippen LogP contribution in [0.15, 0.2) is 54.6 Å². The fourth-order valence-corrected chi connectivity index (χ4v) is 6.58. The van der Waals surface area contributed by atoms with Crippen molar-refractivity contribution in [1.29, 1.82) is 0 Å². The molecule has 2 aromatic carbocycles. The van der Waals surface area contributed by atoms with Crippen LogP contribution in [0.1, 0.15) is 60.9 Å². The molecular formula is C25H27NO2. The van der Waals surface area contributed by atoms with E-state index in [0.717, 1.165) is 17.8 Å². The predicted molar refractivity (Wildman–Crippen MR) is 110 cm³/mol. The highest BCUT2D eigenvalue weighted by molar-refractivity contribution is 6.13. The average molecular weight is 373 g/mol. The molecule has 2 aromatic rings. The SMILES string of the molecule is O=C(CC12CC3CC(CC(C3)C1)C2)Nc1ccccc1C(=O)c1ccccc1. The van der Waals surface area contributed by atoms with Crippen LogP contribution in [0.5, 0.6) is 0 Å². The van der Waals surface area contributed by atoms with Gasteiger partial charge in [0.25, 0.3) is 0 Å². The van der Waals surface area contributed by atoms with Gasteiger partial charge >= 0.3 is 0 Å². The van der Waals surface area contributed by atoms with Crippen molar-refractivity contribution in [3.05, 3.63) is 65.7 Å². The number of hydrogen-bond donors (Lipinski definition) is 1. The number of benzene rings is 2. The van der Waals surface area contributed by atoms with Crippen LogP contribution >= 0.6 is 0 Å². The molecule has 0 aromatic heterocycles. The van der Waals surface area contributed by atoms with Crippen LogP contribution in [-0.4, -0.2) is 11.7 Å². The largest absolute Gasteiger partial charge is 0.325 e. The molecule has 4 aliphatic carbocycles. The number of rotatable bonds is 5. The van der Waals surface area contributed by atoms with Gasteiger partial charge in [0.15, 0.2) is 5.78 Å². The Morgan fingerprint density at radius 1 is 0.821 bits per heavy atom. The minimum absolute atomic E-state index is 0.0497. The summed E-state index contributed by atoms with van der Waals surface area (Å²) in [5.41, 5.74) is 2.04. The Kier molecular flexibility index (Phi) is 4.34. The normalized spacial score (nSPS) is 30.2. The van der Waals surface area contributed by atoms with Gasteiger partial charge in [0.05, 0.1) is 5.69 Å². The molecule has 0 heterocycles. The highest BCUT2D eigenvalue weighted by Gasteiger charge is 2.51. The summed E-state index contributed by atoms with van der Waals surface area (Å²) in [6.45, 7) is 0. The van der Waals surface area contributed by atoms with E-state index in [0.29, 0.717) is 23.2 Å². The highest BCUT2D eigenvalue weighted by Crippen LogP contribution is 2.61. The van der Waals surface area contributed by atoms with Gasteiger partial charge in [-0.25, -0.2) is 0 Å². The van der Waals surface area contributed by atoms with E-state index in [9.17, 15) is 9.59 Å². The van der Waals surface area contributed by atoms with Crippen molar-refractivity contribution < 1.29 is 9.59 Å². The summed E-state index contributed by atoms with van der Waals surface area (Å²) in [6, 6.07) is 16.6. The zero-order valence-corrected chi connectivity index (χ0v) is 16.2. The molecular weight excluding hydrogens is 346 g/mol. The number of carbonyl (C=O) groups is 2. The van der Waals surface area contributed by atoms with Gasteiger partial charge in [-0.15, -0.1) is 0 Å². The Morgan fingerprint density at radius 2 is 1.39 bits per heavy atom. The number of para-hydroxylation sites is 1. The highest BCUT2D eigenvalue weighted by atomic mass is 16.1. The lowest BCUT2D eigenvalue weighted by atomic mass is 9.49. The molecule has 3 nitrogen and oxygen atoms in total. The Labute approximate surface area is 166 Å². The van der Waals surface area contributed by atoms with E-state index < -0.39 is 0 Å². The summed E-state index contributed by atoms with van der Waals surface area (Å²) in [5.74, 6) is 2.53. The molecule has 4 aliphatic rings. The average Bonchev–Trinajstić information content (AvgIpc) is 2.67. The molecule has 4 saturated carbocycles. The summed E-state index contributed by atoms with van der Waals surface area (Å²) in [6.07, 6.45) is 8.41. The molecule has 0 unspecified atom stereocenters. The van der Waals surface area contributed by atoms with Gasteiger partial charge in [-0.05, 0) is 73.8 Å². The molecule has 1 N–H and O–H groups in total. The monoisotopic (exact) mass is 373 g/mol. The quantitative estimate of drug-likeness (QED) is 0.707. The van der Waals surface area contributed by atoms with Gasteiger partial charge < -0.3 is 5.32 Å². The molecule has 4 fully saturated rings. The molecule has 0 radical (unpaired) electrons. The number of carbonyl (C=O) groups excluding carboxylic acids is 2. The summed E-state index contributed by atoms with van der Waals surface area (Å²) in [5, 5.41) is 3.08. The molecule has 0 atom stereocenters. The van der Waals surface area contributed by atoms with E-state index >= 15 is 0 Å². The molecule has 6 rings (SSSR count). The number of hydrogen-bond acceptors (Lipinski definition) is 2. The first kappa shape index (κ1) is 17.7. The second kappa shape index (κ2) is 6.88. The van der Waals surface area contributed by atoms with Gasteiger partial charge in [0.2, 0.25) is 5.91 Å². The van der Waals surface area contributed by atoms with E-state index in [1.54, 1.807) is 6.07 Å². The zero-order chi connectivity index (χ0) is 19.1. The van der Waals surface area contributed by atoms with Crippen molar-refractivity contribution in [3.8, 4) is 0 Å². The lowest BCUT2D eigenvalue weighted by molar-refractivity contribution is -0.124. The maximum absolute atomic E-state index is 13.0.